The molecule has 2 aliphatic heterocycles. The Bertz CT molecular complexity index is 458. The lowest BCUT2D eigenvalue weighted by Gasteiger charge is -2.30. The Kier molecular flexibility index (Phi) is 4.27. The Morgan fingerprint density at radius 2 is 2.20 bits per heavy atom. The highest BCUT2D eigenvalue weighted by atomic mass is 15.2. The summed E-state index contributed by atoms with van der Waals surface area (Å²) in [6, 6.07) is 7.50. The molecule has 2 aliphatic rings. The molecular weight excluding hydrogens is 246 g/mol. The molecule has 0 radical (unpaired) electrons. The van der Waals surface area contributed by atoms with Crippen molar-refractivity contribution in [3.63, 3.8) is 0 Å². The minimum Gasteiger partial charge on any atom is -0.384 e. The molecule has 3 rings (SSSR count). The molecule has 1 atom stereocenters. The van der Waals surface area contributed by atoms with Gasteiger partial charge in [0.2, 0.25) is 0 Å². The van der Waals surface area contributed by atoms with Crippen molar-refractivity contribution in [3.8, 4) is 0 Å². The Morgan fingerprint density at radius 1 is 1.30 bits per heavy atom. The molecule has 0 aromatic heterocycles. The highest BCUT2D eigenvalue weighted by Gasteiger charge is 2.23. The molecule has 1 N–H and O–H groups in total. The first-order valence-corrected chi connectivity index (χ1v) is 8.05. The van der Waals surface area contributed by atoms with Crippen molar-refractivity contribution in [2.24, 2.45) is 0 Å². The molecule has 1 fully saturated rings. The normalized spacial score (nSPS) is 24.2. The number of anilines is 1. The summed E-state index contributed by atoms with van der Waals surface area (Å²) in [7, 11) is 2.26. The van der Waals surface area contributed by atoms with Gasteiger partial charge in [-0.15, -0.1) is 0 Å². The van der Waals surface area contributed by atoms with Gasteiger partial charge in [0.15, 0.2) is 0 Å². The van der Waals surface area contributed by atoms with E-state index >= 15 is 0 Å². The monoisotopic (exact) mass is 273 g/mol. The number of benzene rings is 1. The van der Waals surface area contributed by atoms with Crippen LogP contribution in [0.3, 0.4) is 0 Å². The topological polar surface area (TPSA) is 18.5 Å². The Morgan fingerprint density at radius 3 is 3.05 bits per heavy atom. The lowest BCUT2D eigenvalue weighted by Crippen LogP contribution is -2.39. The van der Waals surface area contributed by atoms with Crippen molar-refractivity contribution in [2.75, 3.05) is 38.5 Å². The van der Waals surface area contributed by atoms with Gasteiger partial charge in [0.1, 0.15) is 0 Å². The first kappa shape index (κ1) is 13.9. The van der Waals surface area contributed by atoms with E-state index in [0.29, 0.717) is 6.04 Å². The van der Waals surface area contributed by atoms with Crippen LogP contribution < -0.4 is 5.32 Å². The second-order valence-electron chi connectivity index (χ2n) is 6.28. The summed E-state index contributed by atoms with van der Waals surface area (Å²) in [5, 5.41) is 3.58. The SMILES string of the molecule is CCC1CN(C)CCCN1Cc1cccc2c1NCC2. The molecule has 1 aromatic rings. The highest BCUT2D eigenvalue weighted by Crippen LogP contribution is 2.28. The van der Waals surface area contributed by atoms with Gasteiger partial charge in [-0.3, -0.25) is 4.90 Å². The van der Waals surface area contributed by atoms with Crippen LogP contribution in [-0.4, -0.2) is 49.1 Å². The van der Waals surface area contributed by atoms with E-state index in [2.05, 4.69) is 47.3 Å². The highest BCUT2D eigenvalue weighted by molar-refractivity contribution is 5.61. The minimum absolute atomic E-state index is 0.694. The van der Waals surface area contributed by atoms with E-state index in [1.54, 1.807) is 0 Å². The zero-order chi connectivity index (χ0) is 13.9. The fraction of sp³-hybridized carbons (Fsp3) is 0.647. The molecular formula is C17H27N3. The van der Waals surface area contributed by atoms with Crippen molar-refractivity contribution in [2.45, 2.75) is 38.8 Å². The van der Waals surface area contributed by atoms with E-state index in [-0.39, 0.29) is 0 Å². The van der Waals surface area contributed by atoms with Crippen molar-refractivity contribution >= 4 is 5.69 Å². The van der Waals surface area contributed by atoms with Crippen LogP contribution in [0.15, 0.2) is 18.2 Å². The summed E-state index contributed by atoms with van der Waals surface area (Å²) >= 11 is 0. The maximum Gasteiger partial charge on any atom is 0.0419 e. The van der Waals surface area contributed by atoms with Gasteiger partial charge >= 0.3 is 0 Å². The fourth-order valence-corrected chi connectivity index (χ4v) is 3.65. The first-order valence-electron chi connectivity index (χ1n) is 8.05. The second kappa shape index (κ2) is 6.15. The zero-order valence-electron chi connectivity index (χ0n) is 12.9. The summed E-state index contributed by atoms with van der Waals surface area (Å²) < 4.78 is 0. The van der Waals surface area contributed by atoms with Crippen LogP contribution in [0.25, 0.3) is 0 Å². The van der Waals surface area contributed by atoms with E-state index in [9.17, 15) is 0 Å². The quantitative estimate of drug-likeness (QED) is 0.913. The van der Waals surface area contributed by atoms with Crippen LogP contribution in [-0.2, 0) is 13.0 Å². The third kappa shape index (κ3) is 2.84. The van der Waals surface area contributed by atoms with Crippen LogP contribution >= 0.6 is 0 Å². The molecule has 20 heavy (non-hydrogen) atoms. The molecule has 1 aromatic carbocycles. The molecule has 3 heteroatoms. The Hall–Kier alpha value is -1.06. The summed E-state index contributed by atoms with van der Waals surface area (Å²) in [6.45, 7) is 8.20. The number of likely N-dealkylation sites (N-methyl/N-ethyl adjacent to an activating group) is 1. The van der Waals surface area contributed by atoms with Gasteiger partial charge in [0.25, 0.3) is 0 Å². The summed E-state index contributed by atoms with van der Waals surface area (Å²) in [4.78, 5) is 5.18. The standard InChI is InChI=1S/C17H27N3/c1-3-16-13-19(2)10-5-11-20(16)12-15-7-4-6-14-8-9-18-17(14)15/h4,6-7,16,18H,3,5,8-13H2,1-2H3. The van der Waals surface area contributed by atoms with E-state index in [4.69, 9.17) is 0 Å². The maximum absolute atomic E-state index is 3.58. The second-order valence-corrected chi connectivity index (χ2v) is 6.28. The molecule has 1 unspecified atom stereocenters. The van der Waals surface area contributed by atoms with Crippen LogP contribution in [0.1, 0.15) is 30.9 Å². The van der Waals surface area contributed by atoms with Gasteiger partial charge in [0, 0.05) is 37.9 Å². The Labute approximate surface area is 123 Å². The molecule has 110 valence electrons. The van der Waals surface area contributed by atoms with Gasteiger partial charge in [-0.05, 0) is 44.0 Å². The number of nitrogens with zero attached hydrogens (tertiary/aromatic N) is 2. The van der Waals surface area contributed by atoms with Gasteiger partial charge in [-0.1, -0.05) is 25.1 Å². The third-order valence-corrected chi connectivity index (χ3v) is 4.80. The van der Waals surface area contributed by atoms with E-state index < -0.39 is 0 Å². The molecule has 0 bridgehead atoms. The minimum atomic E-state index is 0.694. The first-order chi connectivity index (χ1) is 9.78. The molecule has 1 saturated heterocycles. The van der Waals surface area contributed by atoms with Gasteiger partial charge in [-0.25, -0.2) is 0 Å². The van der Waals surface area contributed by atoms with Crippen LogP contribution in [0.2, 0.25) is 0 Å². The fourth-order valence-electron chi connectivity index (χ4n) is 3.65. The number of nitrogens with one attached hydrogen (secondary N) is 1. The number of hydrogen-bond donors (Lipinski definition) is 1. The van der Waals surface area contributed by atoms with E-state index in [1.165, 1.54) is 55.7 Å². The average molecular weight is 273 g/mol. The van der Waals surface area contributed by atoms with Crippen molar-refractivity contribution < 1.29 is 0 Å². The number of para-hydroxylation sites is 1. The number of hydrogen-bond acceptors (Lipinski definition) is 3. The van der Waals surface area contributed by atoms with E-state index in [0.717, 1.165) is 13.1 Å². The predicted octanol–water partition coefficient (Wildman–Crippen LogP) is 2.57. The largest absolute Gasteiger partial charge is 0.384 e. The van der Waals surface area contributed by atoms with Crippen LogP contribution in [0.5, 0.6) is 0 Å². The summed E-state index contributed by atoms with van der Waals surface area (Å²) in [6.07, 6.45) is 3.71. The molecule has 0 spiro atoms. The van der Waals surface area contributed by atoms with Gasteiger partial charge in [0.05, 0.1) is 0 Å². The Balaban J connectivity index is 1.77. The number of rotatable bonds is 3. The van der Waals surface area contributed by atoms with Gasteiger partial charge < -0.3 is 10.2 Å². The third-order valence-electron chi connectivity index (χ3n) is 4.80. The molecule has 3 nitrogen and oxygen atoms in total. The smallest absolute Gasteiger partial charge is 0.0419 e. The van der Waals surface area contributed by atoms with E-state index in [1.807, 2.05) is 0 Å². The van der Waals surface area contributed by atoms with Crippen molar-refractivity contribution in [1.29, 1.82) is 0 Å². The van der Waals surface area contributed by atoms with Crippen LogP contribution in [0.4, 0.5) is 5.69 Å². The van der Waals surface area contributed by atoms with Crippen LogP contribution in [0, 0.1) is 0 Å². The summed E-state index contributed by atoms with van der Waals surface area (Å²) in [5.74, 6) is 0. The molecule has 0 aliphatic carbocycles. The summed E-state index contributed by atoms with van der Waals surface area (Å²) in [5.41, 5.74) is 4.41. The lowest BCUT2D eigenvalue weighted by molar-refractivity contribution is 0.176. The van der Waals surface area contributed by atoms with Gasteiger partial charge in [-0.2, -0.15) is 0 Å². The molecule has 2 heterocycles. The zero-order valence-corrected chi connectivity index (χ0v) is 12.9. The lowest BCUT2D eigenvalue weighted by atomic mass is 10.1. The predicted molar refractivity (Wildman–Crippen MR) is 85.2 cm³/mol. The molecule has 0 amide bonds. The average Bonchev–Trinajstić information content (AvgIpc) is 2.86. The van der Waals surface area contributed by atoms with Crippen molar-refractivity contribution in [3.05, 3.63) is 29.3 Å². The maximum atomic E-state index is 3.58. The number of fused-ring (bicyclic) bond motifs is 1. The molecule has 0 saturated carbocycles. The van der Waals surface area contributed by atoms with Crippen molar-refractivity contribution in [1.82, 2.24) is 9.80 Å².